The first kappa shape index (κ1) is 25.8. The lowest BCUT2D eigenvalue weighted by atomic mass is 9.93. The summed E-state index contributed by atoms with van der Waals surface area (Å²) < 4.78 is 27.6. The molecule has 1 atom stereocenters. The highest BCUT2D eigenvalue weighted by molar-refractivity contribution is 6.30. The molecule has 1 unspecified atom stereocenters. The number of nitrogens with one attached hydrogen (secondary N) is 1. The molecule has 0 radical (unpaired) electrons. The number of benzene rings is 1. The van der Waals surface area contributed by atoms with Crippen LogP contribution in [0, 0.1) is 5.82 Å². The highest BCUT2D eigenvalue weighted by Crippen LogP contribution is 2.30. The predicted molar refractivity (Wildman–Crippen MR) is 143 cm³/mol. The van der Waals surface area contributed by atoms with Crippen molar-refractivity contribution in [3.8, 4) is 5.88 Å². The Balaban J connectivity index is 1.09. The van der Waals surface area contributed by atoms with Crippen LogP contribution >= 0.6 is 11.6 Å². The maximum atomic E-state index is 14.1. The van der Waals surface area contributed by atoms with Crippen LogP contribution in [0.1, 0.15) is 52.8 Å². The molecule has 0 aliphatic carbocycles. The fourth-order valence-electron chi connectivity index (χ4n) is 5.23. The van der Waals surface area contributed by atoms with Crippen LogP contribution in [0.4, 0.5) is 4.39 Å². The SMILES string of the molecule is O=C(O)c1cc2nc(CN3CCC(c4cccc(OCc5ccc(Cl)cc5F)n4)CC3)n(CC3CCO3)c2[nH]1. The van der Waals surface area contributed by atoms with Gasteiger partial charge in [-0.3, -0.25) is 4.90 Å². The summed E-state index contributed by atoms with van der Waals surface area (Å²) in [5.41, 5.74) is 2.93. The molecule has 2 N–H and O–H groups in total. The summed E-state index contributed by atoms with van der Waals surface area (Å²) in [5, 5.41) is 9.72. The van der Waals surface area contributed by atoms with Crippen molar-refractivity contribution in [1.29, 1.82) is 0 Å². The van der Waals surface area contributed by atoms with Crippen LogP contribution in [0.5, 0.6) is 5.88 Å². The van der Waals surface area contributed by atoms with Gasteiger partial charge in [-0.2, -0.15) is 0 Å². The van der Waals surface area contributed by atoms with Gasteiger partial charge >= 0.3 is 5.97 Å². The number of carbonyl (C=O) groups is 1. The summed E-state index contributed by atoms with van der Waals surface area (Å²) in [6.45, 7) is 3.93. The minimum Gasteiger partial charge on any atom is -0.477 e. The summed E-state index contributed by atoms with van der Waals surface area (Å²) in [5.74, 6) is 0.285. The molecule has 9 nitrogen and oxygen atoms in total. The summed E-state index contributed by atoms with van der Waals surface area (Å²) in [4.78, 5) is 26.3. The van der Waals surface area contributed by atoms with Crippen LogP contribution in [-0.4, -0.2) is 61.3 Å². The number of ether oxygens (including phenoxy) is 2. The second-order valence-corrected chi connectivity index (χ2v) is 10.6. The minimum absolute atomic E-state index is 0.0818. The molecule has 0 spiro atoms. The number of aromatic carboxylic acids is 1. The number of hydrogen-bond acceptors (Lipinski definition) is 6. The Morgan fingerprint density at radius 2 is 2.00 bits per heavy atom. The van der Waals surface area contributed by atoms with Gasteiger partial charge in [0.25, 0.3) is 0 Å². The topological polar surface area (TPSA) is 106 Å². The van der Waals surface area contributed by atoms with Crippen LogP contribution in [0.3, 0.4) is 0 Å². The number of pyridine rings is 1. The molecule has 2 saturated heterocycles. The van der Waals surface area contributed by atoms with Crippen molar-refractivity contribution in [1.82, 2.24) is 24.4 Å². The monoisotopic (exact) mass is 553 g/mol. The molecule has 11 heteroatoms. The quantitative estimate of drug-likeness (QED) is 0.300. The zero-order valence-corrected chi connectivity index (χ0v) is 22.0. The van der Waals surface area contributed by atoms with Crippen molar-refractivity contribution < 1.29 is 23.8 Å². The Kier molecular flexibility index (Phi) is 7.24. The molecule has 2 fully saturated rings. The largest absolute Gasteiger partial charge is 0.477 e. The number of carboxylic acid groups (broad SMARTS) is 1. The van der Waals surface area contributed by atoms with Gasteiger partial charge in [0.1, 0.15) is 35.1 Å². The second kappa shape index (κ2) is 11.0. The Bertz CT molecular complexity index is 1490. The van der Waals surface area contributed by atoms with Crippen LogP contribution in [0.2, 0.25) is 5.02 Å². The van der Waals surface area contributed by atoms with E-state index in [-0.39, 0.29) is 18.4 Å². The number of hydrogen-bond donors (Lipinski definition) is 2. The van der Waals surface area contributed by atoms with Crippen molar-refractivity contribution in [2.45, 2.75) is 51.0 Å². The summed E-state index contributed by atoms with van der Waals surface area (Å²) in [7, 11) is 0. The number of piperidine rings is 1. The molecule has 6 rings (SSSR count). The molecular formula is C28H29ClFN5O4. The molecule has 0 amide bonds. The van der Waals surface area contributed by atoms with E-state index in [1.165, 1.54) is 6.07 Å². The van der Waals surface area contributed by atoms with Gasteiger partial charge in [0.15, 0.2) is 0 Å². The molecule has 3 aromatic heterocycles. The number of aromatic nitrogens is 4. The third kappa shape index (κ3) is 5.63. The number of aromatic amines is 1. The Labute approximate surface area is 229 Å². The first-order valence-corrected chi connectivity index (χ1v) is 13.5. The van der Waals surface area contributed by atoms with Gasteiger partial charge in [-0.15, -0.1) is 0 Å². The van der Waals surface area contributed by atoms with Gasteiger partial charge in [0, 0.05) is 34.9 Å². The first-order chi connectivity index (χ1) is 18.9. The van der Waals surface area contributed by atoms with Crippen molar-refractivity contribution in [2.24, 2.45) is 0 Å². The van der Waals surface area contributed by atoms with E-state index in [0.717, 1.165) is 56.1 Å². The van der Waals surface area contributed by atoms with E-state index in [1.807, 2.05) is 12.1 Å². The number of carboxylic acids is 1. The van der Waals surface area contributed by atoms with Crippen LogP contribution < -0.4 is 4.74 Å². The average molecular weight is 554 g/mol. The van der Waals surface area contributed by atoms with E-state index >= 15 is 0 Å². The van der Waals surface area contributed by atoms with Gasteiger partial charge in [-0.25, -0.2) is 19.2 Å². The maximum absolute atomic E-state index is 14.1. The van der Waals surface area contributed by atoms with Gasteiger partial charge < -0.3 is 24.1 Å². The minimum atomic E-state index is -0.997. The molecule has 1 aromatic carbocycles. The molecule has 0 bridgehead atoms. The zero-order chi connectivity index (χ0) is 26.9. The van der Waals surface area contributed by atoms with E-state index < -0.39 is 11.8 Å². The highest BCUT2D eigenvalue weighted by atomic mass is 35.5. The van der Waals surface area contributed by atoms with Gasteiger partial charge in [-0.05, 0) is 56.6 Å². The van der Waals surface area contributed by atoms with Crippen LogP contribution in [0.25, 0.3) is 11.2 Å². The number of rotatable bonds is 9. The lowest BCUT2D eigenvalue weighted by Crippen LogP contribution is -2.35. The van der Waals surface area contributed by atoms with Crippen molar-refractivity contribution in [3.63, 3.8) is 0 Å². The Hall–Kier alpha value is -3.47. The Morgan fingerprint density at radius 1 is 1.18 bits per heavy atom. The zero-order valence-electron chi connectivity index (χ0n) is 21.3. The number of H-pyrrole nitrogens is 1. The third-order valence-corrected chi connectivity index (χ3v) is 7.76. The van der Waals surface area contributed by atoms with Gasteiger partial charge in [0.05, 0.1) is 19.2 Å². The van der Waals surface area contributed by atoms with Gasteiger partial charge in [0.2, 0.25) is 5.88 Å². The van der Waals surface area contributed by atoms with E-state index in [9.17, 15) is 14.3 Å². The smallest absolute Gasteiger partial charge is 0.352 e. The number of likely N-dealkylation sites (tertiary alicyclic amines) is 1. The summed E-state index contributed by atoms with van der Waals surface area (Å²) in [6, 6.07) is 11.9. The fourth-order valence-corrected chi connectivity index (χ4v) is 5.39. The molecule has 39 heavy (non-hydrogen) atoms. The number of nitrogens with zero attached hydrogens (tertiary/aromatic N) is 4. The third-order valence-electron chi connectivity index (χ3n) is 7.52. The molecule has 4 aromatic rings. The molecule has 0 saturated carbocycles. The van der Waals surface area contributed by atoms with E-state index in [0.29, 0.717) is 41.0 Å². The number of halogens is 2. The first-order valence-electron chi connectivity index (χ1n) is 13.1. The number of imidazole rings is 1. The molecule has 5 heterocycles. The van der Waals surface area contributed by atoms with E-state index in [2.05, 4.69) is 14.5 Å². The van der Waals surface area contributed by atoms with Crippen molar-refractivity contribution in [3.05, 3.63) is 76.1 Å². The normalized spacial score (nSPS) is 18.4. The maximum Gasteiger partial charge on any atom is 0.352 e. The molecule has 2 aliphatic rings. The Morgan fingerprint density at radius 3 is 2.72 bits per heavy atom. The van der Waals surface area contributed by atoms with E-state index in [1.54, 1.807) is 24.3 Å². The predicted octanol–water partition coefficient (Wildman–Crippen LogP) is 5.00. The van der Waals surface area contributed by atoms with Crippen LogP contribution in [0.15, 0.2) is 42.5 Å². The van der Waals surface area contributed by atoms with Crippen LogP contribution in [-0.2, 0) is 24.4 Å². The van der Waals surface area contributed by atoms with Gasteiger partial charge in [-0.1, -0.05) is 23.7 Å². The average Bonchev–Trinajstić information content (AvgIpc) is 3.45. The summed E-state index contributed by atoms with van der Waals surface area (Å²) >= 11 is 5.83. The molecule has 204 valence electrons. The fraction of sp³-hybridized carbons (Fsp3) is 0.393. The molecular weight excluding hydrogens is 525 g/mol. The van der Waals surface area contributed by atoms with Crippen molar-refractivity contribution >= 4 is 28.7 Å². The summed E-state index contributed by atoms with van der Waals surface area (Å²) in [6.07, 6.45) is 2.99. The lowest BCUT2D eigenvalue weighted by Gasteiger charge is -2.32. The lowest BCUT2D eigenvalue weighted by molar-refractivity contribution is -0.0592. The molecule has 2 aliphatic heterocycles. The van der Waals surface area contributed by atoms with E-state index in [4.69, 9.17) is 31.0 Å². The van der Waals surface area contributed by atoms with Crippen molar-refractivity contribution in [2.75, 3.05) is 19.7 Å². The second-order valence-electron chi connectivity index (χ2n) is 10.1. The number of fused-ring (bicyclic) bond motifs is 1. The standard InChI is InChI=1S/C28H29ClFN5O4/c29-19-5-4-18(21(30)12-19)16-39-26-3-1-2-22(32-26)17-6-9-34(10-7-17)15-25-31-23-13-24(28(36)37)33-27(23)35(25)14-20-8-11-38-20/h1-5,12-13,17,20,33H,6-11,14-16H2,(H,36,37). The highest BCUT2D eigenvalue weighted by Gasteiger charge is 2.27.